The second kappa shape index (κ2) is 5.92. The smallest absolute Gasteiger partial charge is 0.323 e. The maximum atomic E-state index is 11.1. The second-order valence-electron chi connectivity index (χ2n) is 2.56. The van der Waals surface area contributed by atoms with Crippen molar-refractivity contribution in [2.45, 2.75) is 19.9 Å². The largest absolute Gasteiger partial charge is 0.355 e. The topological polar surface area (TPSA) is 113 Å². The van der Waals surface area contributed by atoms with Gasteiger partial charge in [0.2, 0.25) is 5.91 Å². The number of hydrogen-bond acceptors (Lipinski definition) is 4. The summed E-state index contributed by atoms with van der Waals surface area (Å²) in [5.74, 6) is 2.44. The molecule has 0 heterocycles. The predicted octanol–water partition coefficient (Wildman–Crippen LogP) is -2.38. The first-order chi connectivity index (χ1) is 6.52. The molecule has 0 aromatic carbocycles. The van der Waals surface area contributed by atoms with E-state index in [9.17, 15) is 14.4 Å². The van der Waals surface area contributed by atoms with Crippen LogP contribution in [-0.4, -0.2) is 30.3 Å². The van der Waals surface area contributed by atoms with Crippen molar-refractivity contribution in [2.24, 2.45) is 5.84 Å². The van der Waals surface area contributed by atoms with Crippen LogP contribution in [0.15, 0.2) is 0 Å². The average Bonchev–Trinajstić information content (AvgIpc) is 2.16. The summed E-state index contributed by atoms with van der Waals surface area (Å²) < 4.78 is 0. The molecule has 1 unspecified atom stereocenters. The molecule has 5 N–H and O–H groups in total. The van der Waals surface area contributed by atoms with E-state index in [0.717, 1.165) is 0 Å². The molecule has 0 spiro atoms. The van der Waals surface area contributed by atoms with Gasteiger partial charge in [-0.1, -0.05) is 0 Å². The molecule has 1 atom stereocenters. The highest BCUT2D eigenvalue weighted by Crippen LogP contribution is 1.81. The molecule has 7 nitrogen and oxygen atoms in total. The van der Waals surface area contributed by atoms with E-state index < -0.39 is 17.9 Å². The zero-order valence-corrected chi connectivity index (χ0v) is 8.09. The molecule has 0 rings (SSSR count). The Morgan fingerprint density at radius 2 is 1.86 bits per heavy atom. The second-order valence-corrected chi connectivity index (χ2v) is 2.56. The summed E-state index contributed by atoms with van der Waals surface area (Å²) in [7, 11) is 0. The van der Waals surface area contributed by atoms with Gasteiger partial charge in [-0.25, -0.2) is 5.84 Å². The molecule has 0 radical (unpaired) electrons. The van der Waals surface area contributed by atoms with Crippen LogP contribution < -0.4 is 21.9 Å². The van der Waals surface area contributed by atoms with E-state index in [2.05, 4.69) is 10.6 Å². The maximum absolute atomic E-state index is 11.1. The first-order valence-electron chi connectivity index (χ1n) is 4.12. The van der Waals surface area contributed by atoms with Crippen LogP contribution >= 0.6 is 0 Å². The summed E-state index contributed by atoms with van der Waals surface area (Å²) in [4.78, 5) is 32.7. The number of amides is 3. The lowest BCUT2D eigenvalue weighted by molar-refractivity contribution is -0.140. The highest BCUT2D eigenvalue weighted by atomic mass is 16.2. The lowest BCUT2D eigenvalue weighted by Gasteiger charge is -2.11. The minimum Gasteiger partial charge on any atom is -0.355 e. The summed E-state index contributed by atoms with van der Waals surface area (Å²) >= 11 is 0. The van der Waals surface area contributed by atoms with E-state index in [0.29, 0.717) is 6.54 Å². The highest BCUT2D eigenvalue weighted by molar-refractivity contribution is 6.35. The Labute approximate surface area is 81.4 Å². The molecule has 0 aliphatic rings. The maximum Gasteiger partial charge on any atom is 0.323 e. The number of carbonyl (C=O) groups is 3. The molecule has 80 valence electrons. The van der Waals surface area contributed by atoms with Gasteiger partial charge in [0.1, 0.15) is 6.04 Å². The van der Waals surface area contributed by atoms with Crippen molar-refractivity contribution < 1.29 is 14.4 Å². The van der Waals surface area contributed by atoms with Gasteiger partial charge < -0.3 is 10.6 Å². The summed E-state index contributed by atoms with van der Waals surface area (Å²) in [5.41, 5.74) is 1.66. The highest BCUT2D eigenvalue weighted by Gasteiger charge is 2.18. The van der Waals surface area contributed by atoms with Crippen LogP contribution in [-0.2, 0) is 14.4 Å². The number of likely N-dealkylation sites (N-methyl/N-ethyl adjacent to an activating group) is 1. The molecule has 0 aromatic heterocycles. The SMILES string of the molecule is CCNC(=O)C(C)NC(=O)C(=O)NN. The van der Waals surface area contributed by atoms with Crippen molar-refractivity contribution in [1.29, 1.82) is 0 Å². The van der Waals surface area contributed by atoms with Gasteiger partial charge in [-0.15, -0.1) is 0 Å². The van der Waals surface area contributed by atoms with Crippen molar-refractivity contribution in [3.63, 3.8) is 0 Å². The molecule has 14 heavy (non-hydrogen) atoms. The minimum absolute atomic E-state index is 0.356. The van der Waals surface area contributed by atoms with E-state index in [1.807, 2.05) is 0 Å². The van der Waals surface area contributed by atoms with Gasteiger partial charge in [0.05, 0.1) is 0 Å². The van der Waals surface area contributed by atoms with E-state index in [1.165, 1.54) is 6.92 Å². The van der Waals surface area contributed by atoms with E-state index in [-0.39, 0.29) is 5.91 Å². The number of rotatable bonds is 3. The molecule has 0 aliphatic carbocycles. The molecule has 0 aliphatic heterocycles. The Balaban J connectivity index is 4.05. The molecule has 0 aromatic rings. The van der Waals surface area contributed by atoms with E-state index >= 15 is 0 Å². The predicted molar refractivity (Wildman–Crippen MR) is 48.6 cm³/mol. The first kappa shape index (κ1) is 12.4. The molecular formula is C7H14N4O3. The minimum atomic E-state index is -0.985. The third-order valence-corrected chi connectivity index (χ3v) is 1.43. The third kappa shape index (κ3) is 3.85. The van der Waals surface area contributed by atoms with Crippen LogP contribution in [0.2, 0.25) is 0 Å². The Kier molecular flexibility index (Phi) is 5.23. The molecular weight excluding hydrogens is 188 g/mol. The van der Waals surface area contributed by atoms with Crippen molar-refractivity contribution >= 4 is 17.7 Å². The van der Waals surface area contributed by atoms with Crippen LogP contribution in [0.4, 0.5) is 0 Å². The summed E-state index contributed by atoms with van der Waals surface area (Å²) in [6, 6.07) is -0.764. The fraction of sp³-hybridized carbons (Fsp3) is 0.571. The fourth-order valence-electron chi connectivity index (χ4n) is 0.721. The van der Waals surface area contributed by atoms with Crippen LogP contribution in [0.5, 0.6) is 0 Å². The van der Waals surface area contributed by atoms with Gasteiger partial charge in [0.25, 0.3) is 0 Å². The van der Waals surface area contributed by atoms with Gasteiger partial charge >= 0.3 is 11.8 Å². The zero-order valence-electron chi connectivity index (χ0n) is 8.09. The lowest BCUT2D eigenvalue weighted by atomic mass is 10.3. The summed E-state index contributed by atoms with van der Waals surface area (Å²) in [6.45, 7) is 3.67. The number of hydrogen-bond donors (Lipinski definition) is 4. The van der Waals surface area contributed by atoms with Crippen molar-refractivity contribution in [2.75, 3.05) is 6.54 Å². The number of nitrogens with one attached hydrogen (secondary N) is 3. The zero-order chi connectivity index (χ0) is 11.1. The number of hydrazine groups is 1. The monoisotopic (exact) mass is 202 g/mol. The lowest BCUT2D eigenvalue weighted by Crippen LogP contribution is -2.50. The molecule has 0 fully saturated rings. The Morgan fingerprint density at radius 3 is 2.29 bits per heavy atom. The van der Waals surface area contributed by atoms with Crippen LogP contribution in [0.3, 0.4) is 0 Å². The number of carbonyl (C=O) groups excluding carboxylic acids is 3. The van der Waals surface area contributed by atoms with Crippen LogP contribution in [0.25, 0.3) is 0 Å². The van der Waals surface area contributed by atoms with Crippen molar-refractivity contribution in [3.05, 3.63) is 0 Å². The standard InChI is InChI=1S/C7H14N4O3/c1-3-9-5(12)4(2)10-6(13)7(14)11-8/h4H,3,8H2,1-2H3,(H,9,12)(H,10,13)(H,11,14). The summed E-state index contributed by atoms with van der Waals surface area (Å²) in [5, 5.41) is 4.66. The molecule has 0 bridgehead atoms. The average molecular weight is 202 g/mol. The quantitative estimate of drug-likeness (QED) is 0.177. The van der Waals surface area contributed by atoms with Crippen LogP contribution in [0.1, 0.15) is 13.8 Å². The Morgan fingerprint density at radius 1 is 1.29 bits per heavy atom. The van der Waals surface area contributed by atoms with E-state index in [4.69, 9.17) is 5.84 Å². The molecule has 0 saturated carbocycles. The Hall–Kier alpha value is -1.63. The normalized spacial score (nSPS) is 11.4. The van der Waals surface area contributed by atoms with Crippen molar-refractivity contribution in [1.82, 2.24) is 16.1 Å². The van der Waals surface area contributed by atoms with Gasteiger partial charge in [0.15, 0.2) is 0 Å². The Bertz CT molecular complexity index is 241. The van der Waals surface area contributed by atoms with Gasteiger partial charge in [-0.05, 0) is 13.8 Å². The summed E-state index contributed by atoms with van der Waals surface area (Å²) in [6.07, 6.45) is 0. The number of nitrogens with two attached hydrogens (primary N) is 1. The first-order valence-corrected chi connectivity index (χ1v) is 4.12. The van der Waals surface area contributed by atoms with Crippen LogP contribution in [0, 0.1) is 0 Å². The third-order valence-electron chi connectivity index (χ3n) is 1.43. The van der Waals surface area contributed by atoms with Crippen molar-refractivity contribution in [3.8, 4) is 0 Å². The molecule has 3 amide bonds. The van der Waals surface area contributed by atoms with Gasteiger partial charge in [0, 0.05) is 6.54 Å². The van der Waals surface area contributed by atoms with Gasteiger partial charge in [-0.2, -0.15) is 0 Å². The van der Waals surface area contributed by atoms with E-state index in [1.54, 1.807) is 12.3 Å². The molecule has 0 saturated heterocycles. The van der Waals surface area contributed by atoms with Gasteiger partial charge in [-0.3, -0.25) is 19.8 Å². The molecule has 7 heteroatoms. The fourth-order valence-corrected chi connectivity index (χ4v) is 0.721.